The molecule has 2 aliphatic rings. The van der Waals surface area contributed by atoms with E-state index in [9.17, 15) is 13.2 Å². The molecule has 1 N–H and O–H groups in total. The van der Waals surface area contributed by atoms with Gasteiger partial charge >= 0.3 is 0 Å². The molecule has 21 heavy (non-hydrogen) atoms. The summed E-state index contributed by atoms with van der Waals surface area (Å²) in [5.41, 5.74) is 0. The van der Waals surface area contributed by atoms with Gasteiger partial charge in [-0.2, -0.15) is 4.31 Å². The Morgan fingerprint density at radius 1 is 1.24 bits per heavy atom. The average molecular weight is 328 g/mol. The Balaban J connectivity index is 1.74. The molecule has 1 saturated heterocycles. The lowest BCUT2D eigenvalue weighted by Crippen LogP contribution is -2.48. The van der Waals surface area contributed by atoms with Gasteiger partial charge < -0.3 is 5.32 Å². The highest BCUT2D eigenvalue weighted by Gasteiger charge is 2.40. The summed E-state index contributed by atoms with van der Waals surface area (Å²) in [6.45, 7) is 0.434. The van der Waals surface area contributed by atoms with Crippen molar-refractivity contribution in [3.8, 4) is 0 Å². The summed E-state index contributed by atoms with van der Waals surface area (Å²) in [4.78, 5) is 12.4. The number of rotatable bonds is 4. The quantitative estimate of drug-likeness (QED) is 0.919. The minimum absolute atomic E-state index is 0.125. The van der Waals surface area contributed by atoms with E-state index in [4.69, 9.17) is 0 Å². The topological polar surface area (TPSA) is 66.5 Å². The second-order valence-electron chi connectivity index (χ2n) is 5.70. The molecule has 7 heteroatoms. The maximum atomic E-state index is 12.6. The van der Waals surface area contributed by atoms with Crippen LogP contribution in [0.25, 0.3) is 0 Å². The molecule has 0 spiro atoms. The molecule has 1 aromatic heterocycles. The van der Waals surface area contributed by atoms with Gasteiger partial charge in [-0.3, -0.25) is 4.79 Å². The summed E-state index contributed by atoms with van der Waals surface area (Å²) >= 11 is 1.20. The Morgan fingerprint density at radius 3 is 2.67 bits per heavy atom. The second-order valence-corrected chi connectivity index (χ2v) is 8.76. The lowest BCUT2D eigenvalue weighted by Gasteiger charge is -2.24. The summed E-state index contributed by atoms with van der Waals surface area (Å²) < 4.78 is 26.9. The predicted octanol–water partition coefficient (Wildman–Crippen LogP) is 1.96. The maximum Gasteiger partial charge on any atom is 0.253 e. The lowest BCUT2D eigenvalue weighted by atomic mass is 10.2. The van der Waals surface area contributed by atoms with Crippen LogP contribution in [0.1, 0.15) is 38.5 Å². The zero-order chi connectivity index (χ0) is 14.9. The molecular weight excluding hydrogens is 308 g/mol. The molecular formula is C14H20N2O3S2. The summed E-state index contributed by atoms with van der Waals surface area (Å²) in [5.74, 6) is -0.125. The minimum Gasteiger partial charge on any atom is -0.352 e. The fourth-order valence-electron chi connectivity index (χ4n) is 3.18. The number of carbonyl (C=O) groups is 1. The van der Waals surface area contributed by atoms with Crippen LogP contribution < -0.4 is 5.32 Å². The van der Waals surface area contributed by atoms with E-state index in [0.717, 1.165) is 32.1 Å². The summed E-state index contributed by atoms with van der Waals surface area (Å²) in [7, 11) is -3.53. The molecule has 1 amide bonds. The van der Waals surface area contributed by atoms with Crippen LogP contribution in [0.15, 0.2) is 21.7 Å². The molecule has 5 nitrogen and oxygen atoms in total. The first kappa shape index (κ1) is 15.0. The van der Waals surface area contributed by atoms with Crippen molar-refractivity contribution in [2.45, 2.75) is 54.8 Å². The van der Waals surface area contributed by atoms with Crippen molar-refractivity contribution in [2.24, 2.45) is 0 Å². The number of sulfonamides is 1. The number of nitrogens with one attached hydrogen (secondary N) is 1. The molecule has 3 rings (SSSR count). The number of amides is 1. The van der Waals surface area contributed by atoms with Crippen LogP contribution >= 0.6 is 11.3 Å². The van der Waals surface area contributed by atoms with Gasteiger partial charge in [-0.25, -0.2) is 8.42 Å². The summed E-state index contributed by atoms with van der Waals surface area (Å²) in [6, 6.07) is 3.01. The van der Waals surface area contributed by atoms with Gasteiger partial charge in [0.05, 0.1) is 0 Å². The smallest absolute Gasteiger partial charge is 0.253 e. The fourth-order valence-corrected chi connectivity index (χ4v) is 5.96. The number of carbonyl (C=O) groups excluding carboxylic acids is 1. The predicted molar refractivity (Wildman–Crippen MR) is 81.6 cm³/mol. The van der Waals surface area contributed by atoms with E-state index in [1.165, 1.54) is 15.6 Å². The zero-order valence-electron chi connectivity index (χ0n) is 11.8. The molecule has 1 atom stereocenters. The van der Waals surface area contributed by atoms with Crippen molar-refractivity contribution in [3.05, 3.63) is 17.5 Å². The van der Waals surface area contributed by atoms with Gasteiger partial charge in [0.15, 0.2) is 0 Å². The molecule has 1 aliphatic heterocycles. The Bertz CT molecular complexity index is 592. The first-order chi connectivity index (χ1) is 10.1. The highest BCUT2D eigenvalue weighted by molar-refractivity contribution is 7.91. The number of hydrogen-bond acceptors (Lipinski definition) is 4. The molecule has 1 unspecified atom stereocenters. The van der Waals surface area contributed by atoms with Crippen LogP contribution in [0.5, 0.6) is 0 Å². The molecule has 0 radical (unpaired) electrons. The second kappa shape index (κ2) is 6.06. The van der Waals surface area contributed by atoms with E-state index in [0.29, 0.717) is 17.2 Å². The number of nitrogens with zero attached hydrogens (tertiary/aromatic N) is 1. The molecule has 1 aromatic rings. The largest absolute Gasteiger partial charge is 0.352 e. The molecule has 1 saturated carbocycles. The monoisotopic (exact) mass is 328 g/mol. The third kappa shape index (κ3) is 3.00. The average Bonchev–Trinajstić information content (AvgIpc) is 3.20. The van der Waals surface area contributed by atoms with Gasteiger partial charge in [0.2, 0.25) is 5.91 Å². The van der Waals surface area contributed by atoms with Gasteiger partial charge in [-0.1, -0.05) is 18.9 Å². The van der Waals surface area contributed by atoms with Crippen LogP contribution in [0.4, 0.5) is 0 Å². The van der Waals surface area contributed by atoms with Crippen LogP contribution in [0.2, 0.25) is 0 Å². The van der Waals surface area contributed by atoms with Crippen molar-refractivity contribution in [1.82, 2.24) is 9.62 Å². The molecule has 0 bridgehead atoms. The third-order valence-corrected chi connectivity index (χ3v) is 7.55. The number of hydrogen-bond donors (Lipinski definition) is 1. The first-order valence-corrected chi connectivity index (χ1v) is 9.77. The van der Waals surface area contributed by atoms with E-state index in [1.54, 1.807) is 17.5 Å². The van der Waals surface area contributed by atoms with Crippen LogP contribution in [0, 0.1) is 0 Å². The first-order valence-electron chi connectivity index (χ1n) is 7.45. The Morgan fingerprint density at radius 2 is 2.00 bits per heavy atom. The van der Waals surface area contributed by atoms with Crippen molar-refractivity contribution in [3.63, 3.8) is 0 Å². The summed E-state index contributed by atoms with van der Waals surface area (Å²) in [6.07, 6.45) is 5.67. The van der Waals surface area contributed by atoms with Crippen molar-refractivity contribution in [1.29, 1.82) is 0 Å². The highest BCUT2D eigenvalue weighted by atomic mass is 32.2. The van der Waals surface area contributed by atoms with E-state index in [-0.39, 0.29) is 11.9 Å². The van der Waals surface area contributed by atoms with E-state index in [2.05, 4.69) is 5.32 Å². The lowest BCUT2D eigenvalue weighted by molar-refractivity contribution is -0.124. The number of thiophene rings is 1. The maximum absolute atomic E-state index is 12.6. The van der Waals surface area contributed by atoms with Crippen molar-refractivity contribution < 1.29 is 13.2 Å². The van der Waals surface area contributed by atoms with Gasteiger partial charge in [0.25, 0.3) is 10.0 Å². The zero-order valence-corrected chi connectivity index (χ0v) is 13.5. The van der Waals surface area contributed by atoms with Gasteiger partial charge in [-0.05, 0) is 37.1 Å². The van der Waals surface area contributed by atoms with Crippen LogP contribution in [0.3, 0.4) is 0 Å². The molecule has 116 valence electrons. The van der Waals surface area contributed by atoms with E-state index < -0.39 is 16.1 Å². The van der Waals surface area contributed by atoms with Gasteiger partial charge in [0.1, 0.15) is 10.3 Å². The Hall–Kier alpha value is -0.920. The van der Waals surface area contributed by atoms with Gasteiger partial charge in [0, 0.05) is 12.6 Å². The fraction of sp³-hybridized carbons (Fsp3) is 0.643. The van der Waals surface area contributed by atoms with Crippen LogP contribution in [-0.2, 0) is 14.8 Å². The third-order valence-electron chi connectivity index (χ3n) is 4.27. The standard InChI is InChI=1S/C14H20N2O3S2/c17-14(15-11-5-1-2-6-11)12-7-3-9-16(12)21(18,19)13-8-4-10-20-13/h4,8,10-12H,1-3,5-7,9H2,(H,15,17). The molecule has 1 aliphatic carbocycles. The normalized spacial score (nSPS) is 24.5. The van der Waals surface area contributed by atoms with Gasteiger partial charge in [-0.15, -0.1) is 11.3 Å². The Kier molecular flexibility index (Phi) is 4.33. The minimum atomic E-state index is -3.53. The van der Waals surface area contributed by atoms with E-state index in [1.807, 2.05) is 0 Å². The molecule has 2 fully saturated rings. The Labute approximate surface area is 129 Å². The van der Waals surface area contributed by atoms with Crippen LogP contribution in [-0.4, -0.2) is 37.3 Å². The SMILES string of the molecule is O=C(NC1CCCC1)C1CCCN1S(=O)(=O)c1cccs1. The van der Waals surface area contributed by atoms with Crippen molar-refractivity contribution in [2.75, 3.05) is 6.54 Å². The molecule has 2 heterocycles. The van der Waals surface area contributed by atoms with Crippen molar-refractivity contribution >= 4 is 27.3 Å². The van der Waals surface area contributed by atoms with E-state index >= 15 is 0 Å². The highest BCUT2D eigenvalue weighted by Crippen LogP contribution is 2.29. The molecule has 0 aromatic carbocycles. The summed E-state index contributed by atoms with van der Waals surface area (Å²) in [5, 5.41) is 4.77.